The lowest BCUT2D eigenvalue weighted by atomic mass is 10.1. The number of sulfonamides is 1. The zero-order valence-corrected chi connectivity index (χ0v) is 17.8. The molecule has 0 aliphatic carbocycles. The first kappa shape index (κ1) is 23.5. The number of carbonyl (C=O) groups excluding carboxylic acids is 1. The van der Waals surface area contributed by atoms with Crippen molar-refractivity contribution in [1.82, 2.24) is 9.21 Å². The lowest BCUT2D eigenvalue weighted by Crippen LogP contribution is -2.42. The van der Waals surface area contributed by atoms with Crippen LogP contribution in [-0.4, -0.2) is 76.5 Å². The van der Waals surface area contributed by atoms with Gasteiger partial charge in [-0.3, -0.25) is 4.79 Å². The largest absolute Gasteiger partial charge is 0.495 e. The maximum Gasteiger partial charge on any atom is 0.255 e. The van der Waals surface area contributed by atoms with Crippen molar-refractivity contribution in [3.8, 4) is 5.75 Å². The molecule has 2 rings (SSSR count). The molecule has 29 heavy (non-hydrogen) atoms. The normalized spacial score (nSPS) is 18.1. The summed E-state index contributed by atoms with van der Waals surface area (Å²) in [6.07, 6.45) is -0.264. The third-order valence-electron chi connectivity index (χ3n) is 4.95. The van der Waals surface area contributed by atoms with Crippen LogP contribution >= 0.6 is 0 Å². The molecule has 10 heteroatoms. The molecule has 1 aliphatic rings. The molecule has 1 saturated heterocycles. The summed E-state index contributed by atoms with van der Waals surface area (Å²) in [6.45, 7) is 1.52. The van der Waals surface area contributed by atoms with Gasteiger partial charge in [0.1, 0.15) is 10.6 Å². The third kappa shape index (κ3) is 5.64. The van der Waals surface area contributed by atoms with Crippen LogP contribution in [0, 0.1) is 0 Å². The van der Waals surface area contributed by atoms with Crippen molar-refractivity contribution in [2.24, 2.45) is 0 Å². The lowest BCUT2D eigenvalue weighted by molar-refractivity contribution is 0.0478. The SMILES string of the molecule is COCCN(CC(F)F)C(=O)c1ccc(OC)c(S(=O)(=O)N2CCCCC2C)c1. The van der Waals surface area contributed by atoms with E-state index in [9.17, 15) is 22.0 Å². The zero-order chi connectivity index (χ0) is 21.6. The highest BCUT2D eigenvalue weighted by molar-refractivity contribution is 7.89. The van der Waals surface area contributed by atoms with Crippen LogP contribution in [-0.2, 0) is 14.8 Å². The molecule has 1 heterocycles. The number of hydrogen-bond acceptors (Lipinski definition) is 5. The van der Waals surface area contributed by atoms with E-state index in [-0.39, 0.29) is 35.4 Å². The molecule has 1 amide bonds. The number of methoxy groups -OCH3 is 2. The van der Waals surface area contributed by atoms with Crippen LogP contribution in [0.2, 0.25) is 0 Å². The summed E-state index contributed by atoms with van der Waals surface area (Å²) in [5, 5.41) is 0. The fourth-order valence-corrected chi connectivity index (χ4v) is 5.28. The van der Waals surface area contributed by atoms with E-state index in [1.165, 1.54) is 36.7 Å². The smallest absolute Gasteiger partial charge is 0.255 e. The van der Waals surface area contributed by atoms with Crippen molar-refractivity contribution in [3.05, 3.63) is 23.8 Å². The highest BCUT2D eigenvalue weighted by Gasteiger charge is 2.34. The fraction of sp³-hybridized carbons (Fsp3) is 0.632. The Kier molecular flexibility index (Phi) is 8.35. The highest BCUT2D eigenvalue weighted by Crippen LogP contribution is 2.32. The first-order chi connectivity index (χ1) is 13.7. The number of rotatable bonds is 9. The molecule has 1 unspecified atom stereocenters. The second kappa shape index (κ2) is 10.3. The van der Waals surface area contributed by atoms with Crippen LogP contribution in [0.4, 0.5) is 8.78 Å². The Labute approximate surface area is 170 Å². The Balaban J connectivity index is 2.42. The maximum absolute atomic E-state index is 13.3. The van der Waals surface area contributed by atoms with Crippen molar-refractivity contribution in [1.29, 1.82) is 0 Å². The molecule has 0 radical (unpaired) electrons. The van der Waals surface area contributed by atoms with Crippen LogP contribution < -0.4 is 4.74 Å². The summed E-state index contributed by atoms with van der Waals surface area (Å²) in [4.78, 5) is 13.6. The van der Waals surface area contributed by atoms with Crippen LogP contribution in [0.25, 0.3) is 0 Å². The molecule has 0 spiro atoms. The van der Waals surface area contributed by atoms with E-state index in [1.54, 1.807) is 0 Å². The standard InChI is InChI=1S/C19H28F2N2O5S/c1-14-6-4-5-9-23(14)29(25,26)17-12-15(7-8-16(17)28-3)19(24)22(10-11-27-2)13-18(20)21/h7-8,12,14,18H,4-6,9-11,13H2,1-3H3. The van der Waals surface area contributed by atoms with E-state index >= 15 is 0 Å². The average Bonchev–Trinajstić information content (AvgIpc) is 2.70. The monoisotopic (exact) mass is 434 g/mol. The molecular formula is C19H28F2N2O5S. The summed E-state index contributed by atoms with van der Waals surface area (Å²) in [5.74, 6) is -0.579. The predicted octanol–water partition coefficient (Wildman–Crippen LogP) is 2.61. The van der Waals surface area contributed by atoms with Crippen LogP contribution in [0.1, 0.15) is 36.5 Å². The van der Waals surface area contributed by atoms with E-state index in [0.29, 0.717) is 6.54 Å². The van der Waals surface area contributed by atoms with E-state index in [2.05, 4.69) is 0 Å². The van der Waals surface area contributed by atoms with Gasteiger partial charge in [0.2, 0.25) is 10.0 Å². The summed E-state index contributed by atoms with van der Waals surface area (Å²) in [7, 11) is -1.16. The van der Waals surface area contributed by atoms with Crippen molar-refractivity contribution in [3.63, 3.8) is 0 Å². The Hall–Kier alpha value is -1.78. The zero-order valence-electron chi connectivity index (χ0n) is 16.9. The Morgan fingerprint density at radius 3 is 2.62 bits per heavy atom. The quantitative estimate of drug-likeness (QED) is 0.597. The molecule has 1 aromatic rings. The molecule has 1 aliphatic heterocycles. The first-order valence-electron chi connectivity index (χ1n) is 9.48. The second-order valence-electron chi connectivity index (χ2n) is 6.96. The van der Waals surface area contributed by atoms with E-state index < -0.39 is 28.9 Å². The number of nitrogens with zero attached hydrogens (tertiary/aromatic N) is 2. The van der Waals surface area contributed by atoms with E-state index in [1.807, 2.05) is 6.92 Å². The Morgan fingerprint density at radius 2 is 2.03 bits per heavy atom. The number of hydrogen-bond donors (Lipinski definition) is 0. The van der Waals surface area contributed by atoms with Gasteiger partial charge in [0.05, 0.1) is 20.3 Å². The van der Waals surface area contributed by atoms with Crippen molar-refractivity contribution in [2.45, 2.75) is 43.5 Å². The molecule has 1 atom stereocenters. The first-order valence-corrected chi connectivity index (χ1v) is 10.9. The highest BCUT2D eigenvalue weighted by atomic mass is 32.2. The van der Waals surface area contributed by atoms with E-state index in [0.717, 1.165) is 24.2 Å². The van der Waals surface area contributed by atoms with Crippen LogP contribution in [0.3, 0.4) is 0 Å². The molecule has 0 saturated carbocycles. The number of amides is 1. The van der Waals surface area contributed by atoms with Crippen LogP contribution in [0.15, 0.2) is 23.1 Å². The molecule has 164 valence electrons. The van der Waals surface area contributed by atoms with Gasteiger partial charge in [0.15, 0.2) is 0 Å². The molecule has 0 bridgehead atoms. The van der Waals surface area contributed by atoms with Crippen molar-refractivity contribution in [2.75, 3.05) is 40.5 Å². The lowest BCUT2D eigenvalue weighted by Gasteiger charge is -2.32. The minimum absolute atomic E-state index is 0.00536. The number of alkyl halides is 2. The predicted molar refractivity (Wildman–Crippen MR) is 104 cm³/mol. The third-order valence-corrected chi connectivity index (χ3v) is 6.98. The topological polar surface area (TPSA) is 76.1 Å². The van der Waals surface area contributed by atoms with Gasteiger partial charge in [-0.15, -0.1) is 0 Å². The molecule has 0 aromatic heterocycles. The van der Waals surface area contributed by atoms with Gasteiger partial charge in [0.25, 0.3) is 12.3 Å². The number of benzene rings is 1. The van der Waals surface area contributed by atoms with Crippen LogP contribution in [0.5, 0.6) is 5.75 Å². The van der Waals surface area contributed by atoms with Gasteiger partial charge >= 0.3 is 0 Å². The van der Waals surface area contributed by atoms with Gasteiger partial charge in [-0.05, 0) is 38.0 Å². The fourth-order valence-electron chi connectivity index (χ4n) is 3.39. The number of halogens is 2. The summed E-state index contributed by atoms with van der Waals surface area (Å²) < 4.78 is 63.8. The molecule has 1 aromatic carbocycles. The molecule has 7 nitrogen and oxygen atoms in total. The minimum Gasteiger partial charge on any atom is -0.495 e. The minimum atomic E-state index is -3.91. The second-order valence-corrected chi connectivity index (χ2v) is 8.82. The van der Waals surface area contributed by atoms with Gasteiger partial charge in [-0.2, -0.15) is 4.31 Å². The molecule has 1 fully saturated rings. The van der Waals surface area contributed by atoms with E-state index in [4.69, 9.17) is 9.47 Å². The summed E-state index contributed by atoms with van der Waals surface area (Å²) in [5.41, 5.74) is 0.00536. The summed E-state index contributed by atoms with van der Waals surface area (Å²) in [6, 6.07) is 3.80. The maximum atomic E-state index is 13.3. The summed E-state index contributed by atoms with van der Waals surface area (Å²) >= 11 is 0. The van der Waals surface area contributed by atoms with Gasteiger partial charge < -0.3 is 14.4 Å². The van der Waals surface area contributed by atoms with Crippen molar-refractivity contribution < 1.29 is 31.5 Å². The van der Waals surface area contributed by atoms with Crippen molar-refractivity contribution >= 4 is 15.9 Å². The van der Waals surface area contributed by atoms with Gasteiger partial charge in [0, 0.05) is 31.8 Å². The Morgan fingerprint density at radius 1 is 1.31 bits per heavy atom. The molecule has 0 N–H and O–H groups in total. The van der Waals surface area contributed by atoms with Gasteiger partial charge in [-0.25, -0.2) is 17.2 Å². The number of ether oxygens (including phenoxy) is 2. The van der Waals surface area contributed by atoms with Gasteiger partial charge in [-0.1, -0.05) is 6.42 Å². The number of carbonyl (C=O) groups is 1. The number of piperidine rings is 1. The Bertz CT molecular complexity index is 804. The molecular weight excluding hydrogens is 406 g/mol. The average molecular weight is 435 g/mol.